The Hall–Kier alpha value is -5.20. The monoisotopic (exact) mass is 678 g/mol. The number of anilines is 2. The van der Waals surface area contributed by atoms with Crippen molar-refractivity contribution in [1.29, 1.82) is 0 Å². The van der Waals surface area contributed by atoms with Crippen molar-refractivity contribution < 1.29 is 23.9 Å². The molecule has 2 atom stereocenters. The van der Waals surface area contributed by atoms with E-state index in [1.165, 1.54) is 23.7 Å². The second-order valence-electron chi connectivity index (χ2n) is 11.7. The summed E-state index contributed by atoms with van der Waals surface area (Å²) in [5.74, 6) is -0.464. The predicted octanol–water partition coefficient (Wildman–Crippen LogP) is 6.02. The Morgan fingerprint density at radius 2 is 1.71 bits per heavy atom. The molecule has 3 heterocycles. The van der Waals surface area contributed by atoms with Gasteiger partial charge in [-0.3, -0.25) is 24.4 Å². The third kappa shape index (κ3) is 8.45. The number of nitrogens with zero attached hydrogens (tertiary/aromatic N) is 5. The van der Waals surface area contributed by atoms with Crippen molar-refractivity contribution in [3.63, 3.8) is 0 Å². The number of aromatic nitrogens is 1. The van der Waals surface area contributed by atoms with Gasteiger partial charge in [-0.1, -0.05) is 60.3 Å². The number of aliphatic imine (C=N–C) groups is 1. The van der Waals surface area contributed by atoms with Crippen molar-refractivity contribution in [2.24, 2.45) is 4.99 Å². The number of benzene rings is 3. The highest BCUT2D eigenvalue weighted by atomic mass is 32.2. The average molecular weight is 679 g/mol. The van der Waals surface area contributed by atoms with E-state index in [1.54, 1.807) is 30.2 Å². The number of ether oxygens (including phenoxy) is 2. The van der Waals surface area contributed by atoms with Crippen LogP contribution in [0, 0.1) is 0 Å². The van der Waals surface area contributed by atoms with Crippen LogP contribution in [-0.2, 0) is 32.2 Å². The van der Waals surface area contributed by atoms with E-state index >= 15 is 0 Å². The van der Waals surface area contributed by atoms with Crippen LogP contribution in [0.1, 0.15) is 29.0 Å². The van der Waals surface area contributed by atoms with Crippen molar-refractivity contribution in [3.8, 4) is 0 Å². The molecule has 2 aliphatic rings. The fourth-order valence-electron chi connectivity index (χ4n) is 5.36. The largest absolute Gasteiger partial charge is 0.445 e. The quantitative estimate of drug-likeness (QED) is 0.217. The molecule has 6 rings (SSSR count). The van der Waals surface area contributed by atoms with Crippen molar-refractivity contribution in [2.45, 2.75) is 31.4 Å². The molecule has 3 aromatic carbocycles. The number of amides is 3. The van der Waals surface area contributed by atoms with E-state index in [0.717, 1.165) is 41.3 Å². The maximum absolute atomic E-state index is 13.9. The highest BCUT2D eigenvalue weighted by Gasteiger charge is 2.39. The van der Waals surface area contributed by atoms with Crippen LogP contribution in [0.5, 0.6) is 0 Å². The third-order valence-electron chi connectivity index (χ3n) is 8.38. The Morgan fingerprint density at radius 3 is 2.41 bits per heavy atom. The van der Waals surface area contributed by atoms with Crippen molar-refractivity contribution >= 4 is 51.9 Å². The van der Waals surface area contributed by atoms with Crippen LogP contribution in [0.15, 0.2) is 108 Å². The molecule has 3 amide bonds. The summed E-state index contributed by atoms with van der Waals surface area (Å²) >= 11 is 1.39. The van der Waals surface area contributed by atoms with Crippen LogP contribution < -0.4 is 10.2 Å². The Morgan fingerprint density at radius 1 is 1.00 bits per heavy atom. The van der Waals surface area contributed by atoms with Gasteiger partial charge in [-0.25, -0.2) is 9.79 Å². The minimum absolute atomic E-state index is 0.0969. The van der Waals surface area contributed by atoms with Crippen LogP contribution in [0.25, 0.3) is 0 Å². The molecule has 1 aromatic heterocycles. The van der Waals surface area contributed by atoms with E-state index in [1.807, 2.05) is 84.9 Å². The Kier molecular flexibility index (Phi) is 10.9. The first-order chi connectivity index (χ1) is 23.9. The lowest BCUT2D eigenvalue weighted by atomic mass is 10.1. The zero-order valence-electron chi connectivity index (χ0n) is 27.4. The number of carbonyl (C=O) groups is 3. The lowest BCUT2D eigenvalue weighted by molar-refractivity contribution is -0.126. The molecular weight excluding hydrogens is 641 g/mol. The molecule has 1 N–H and O–H groups in total. The number of hydrogen-bond donors (Lipinski definition) is 1. The third-order valence-corrected chi connectivity index (χ3v) is 9.61. The second kappa shape index (κ2) is 15.8. The molecule has 0 spiro atoms. The fraction of sp³-hybridized carbons (Fsp3) is 0.270. The summed E-state index contributed by atoms with van der Waals surface area (Å²) in [4.78, 5) is 54.0. The standard InChI is InChI=1S/C37H38N6O5S/c1-26(41(2)37(46)48-25-27-8-4-3-5-9-27)34(44)39-29-13-11-28(12-14-29)33-35(45)43(24-31-10-6-7-19-38-31)36(49-33)40-30-15-17-32(18-16-30)42-20-22-47-23-21-42/h3-19,26,33H,20-25H2,1-2H3,(H,39,44)/t26-,33?/m0/s1. The van der Waals surface area contributed by atoms with E-state index in [4.69, 9.17) is 14.5 Å². The van der Waals surface area contributed by atoms with Crippen LogP contribution in [0.3, 0.4) is 0 Å². The molecule has 0 radical (unpaired) electrons. The van der Waals surface area contributed by atoms with Gasteiger partial charge in [0.25, 0.3) is 0 Å². The van der Waals surface area contributed by atoms with E-state index in [0.29, 0.717) is 30.6 Å². The molecule has 2 saturated heterocycles. The van der Waals surface area contributed by atoms with Gasteiger partial charge in [0.15, 0.2) is 5.17 Å². The molecule has 1 unspecified atom stereocenters. The molecule has 0 bridgehead atoms. The lowest BCUT2D eigenvalue weighted by Gasteiger charge is -2.28. The summed E-state index contributed by atoms with van der Waals surface area (Å²) in [6.45, 7) is 5.16. The van der Waals surface area contributed by atoms with Gasteiger partial charge in [0, 0.05) is 37.7 Å². The lowest BCUT2D eigenvalue weighted by Crippen LogP contribution is -2.43. The van der Waals surface area contributed by atoms with Gasteiger partial charge < -0.3 is 19.7 Å². The van der Waals surface area contributed by atoms with Crippen LogP contribution >= 0.6 is 11.8 Å². The van der Waals surface area contributed by atoms with Gasteiger partial charge in [0.05, 0.1) is 31.1 Å². The van der Waals surface area contributed by atoms with Gasteiger partial charge in [-0.05, 0) is 66.6 Å². The number of likely N-dealkylation sites (N-methyl/N-ethyl adjacent to an activating group) is 1. The molecule has 49 heavy (non-hydrogen) atoms. The summed E-state index contributed by atoms with van der Waals surface area (Å²) in [6.07, 6.45) is 1.11. The van der Waals surface area contributed by atoms with E-state index in [-0.39, 0.29) is 18.4 Å². The maximum Gasteiger partial charge on any atom is 0.410 e. The molecule has 11 nitrogen and oxygen atoms in total. The van der Waals surface area contributed by atoms with Crippen LogP contribution in [0.4, 0.5) is 21.9 Å². The Bertz CT molecular complexity index is 1770. The Balaban J connectivity index is 1.12. The van der Waals surface area contributed by atoms with Gasteiger partial charge in [0.1, 0.15) is 17.9 Å². The fourth-order valence-corrected chi connectivity index (χ4v) is 6.54. The molecule has 0 aliphatic carbocycles. The van der Waals surface area contributed by atoms with E-state index in [2.05, 4.69) is 15.2 Å². The van der Waals surface area contributed by atoms with Gasteiger partial charge in [-0.2, -0.15) is 0 Å². The molecule has 12 heteroatoms. The molecule has 4 aromatic rings. The zero-order chi connectivity index (χ0) is 34.2. The second-order valence-corrected chi connectivity index (χ2v) is 12.8. The molecule has 2 fully saturated rings. The van der Waals surface area contributed by atoms with Crippen molar-refractivity contribution in [3.05, 3.63) is 120 Å². The first-order valence-electron chi connectivity index (χ1n) is 16.1. The number of nitrogens with one attached hydrogen (secondary N) is 1. The number of amidine groups is 1. The number of morpholine rings is 1. The topological polar surface area (TPSA) is 117 Å². The van der Waals surface area contributed by atoms with Crippen LogP contribution in [-0.4, -0.2) is 77.3 Å². The van der Waals surface area contributed by atoms with Crippen molar-refractivity contribution in [1.82, 2.24) is 14.8 Å². The first kappa shape index (κ1) is 33.7. The summed E-state index contributed by atoms with van der Waals surface area (Å²) in [5, 5.41) is 2.93. The minimum Gasteiger partial charge on any atom is -0.445 e. The van der Waals surface area contributed by atoms with Crippen LogP contribution in [0.2, 0.25) is 0 Å². The Labute approximate surface area is 289 Å². The molecule has 252 valence electrons. The number of thioether (sulfide) groups is 1. The normalized spacial score (nSPS) is 17.6. The zero-order valence-corrected chi connectivity index (χ0v) is 28.2. The van der Waals surface area contributed by atoms with E-state index < -0.39 is 17.4 Å². The number of carbonyl (C=O) groups excluding carboxylic acids is 3. The van der Waals surface area contributed by atoms with Gasteiger partial charge >= 0.3 is 6.09 Å². The summed E-state index contributed by atoms with van der Waals surface area (Å²) in [6, 6.07) is 29.4. The number of rotatable bonds is 10. The smallest absolute Gasteiger partial charge is 0.410 e. The summed E-state index contributed by atoms with van der Waals surface area (Å²) in [5.41, 5.74) is 4.80. The number of pyridine rings is 1. The first-order valence-corrected chi connectivity index (χ1v) is 17.0. The minimum atomic E-state index is -0.781. The number of hydrogen-bond acceptors (Lipinski definition) is 9. The van der Waals surface area contributed by atoms with Crippen molar-refractivity contribution in [2.75, 3.05) is 43.6 Å². The molecular formula is C37H38N6O5S. The maximum atomic E-state index is 13.9. The summed E-state index contributed by atoms with van der Waals surface area (Å²) in [7, 11) is 1.53. The molecule has 0 saturated carbocycles. The summed E-state index contributed by atoms with van der Waals surface area (Å²) < 4.78 is 10.8. The highest BCUT2D eigenvalue weighted by molar-refractivity contribution is 8.15. The highest BCUT2D eigenvalue weighted by Crippen LogP contribution is 2.41. The average Bonchev–Trinajstić information content (AvgIpc) is 3.45. The van der Waals surface area contributed by atoms with Gasteiger partial charge in [-0.15, -0.1) is 0 Å². The van der Waals surface area contributed by atoms with E-state index in [9.17, 15) is 14.4 Å². The SMILES string of the molecule is C[C@@H](C(=O)Nc1ccc(C2SC(=Nc3ccc(N4CCOCC4)cc3)N(Cc3ccccn3)C2=O)cc1)N(C)C(=O)OCc1ccccc1. The van der Waals surface area contributed by atoms with Gasteiger partial charge in [0.2, 0.25) is 11.8 Å². The predicted molar refractivity (Wildman–Crippen MR) is 191 cm³/mol. The molecule has 2 aliphatic heterocycles.